The molecule has 1 aliphatic rings. The predicted octanol–water partition coefficient (Wildman–Crippen LogP) is 4.07. The highest BCUT2D eigenvalue weighted by molar-refractivity contribution is 8.01. The first-order chi connectivity index (χ1) is 7.67. The maximum atomic E-state index is 10.6. The van der Waals surface area contributed by atoms with Crippen molar-refractivity contribution in [3.63, 3.8) is 0 Å². The monoisotopic (exact) mass is 234 g/mol. The summed E-state index contributed by atoms with van der Waals surface area (Å²) in [4.78, 5) is 0.394. The van der Waals surface area contributed by atoms with Crippen molar-refractivity contribution in [1.82, 2.24) is 0 Å². The van der Waals surface area contributed by atoms with E-state index in [1.807, 2.05) is 18.2 Å². The first-order valence-corrected chi connectivity index (χ1v) is 6.69. The van der Waals surface area contributed by atoms with Crippen LogP contribution < -0.4 is 0 Å². The van der Waals surface area contributed by atoms with E-state index in [0.29, 0.717) is 0 Å². The van der Waals surface area contributed by atoms with Gasteiger partial charge in [-0.15, -0.1) is 0 Å². The average molecular weight is 234 g/mol. The number of aliphatic hydroxyl groups is 1. The number of benzene rings is 1. The smallest absolute Gasteiger partial charge is 0.140 e. The van der Waals surface area contributed by atoms with Crippen molar-refractivity contribution in [2.45, 2.75) is 42.4 Å². The molecule has 0 saturated heterocycles. The molecule has 1 aliphatic heterocycles. The van der Waals surface area contributed by atoms with Crippen LogP contribution >= 0.6 is 11.8 Å². The Labute approximate surface area is 102 Å². The molecule has 0 fully saturated rings. The molecule has 0 spiro atoms. The Kier molecular flexibility index (Phi) is 3.41. The van der Waals surface area contributed by atoms with E-state index in [4.69, 9.17) is 0 Å². The van der Waals surface area contributed by atoms with E-state index in [1.165, 1.54) is 12.8 Å². The largest absolute Gasteiger partial charge is 0.375 e. The van der Waals surface area contributed by atoms with Crippen molar-refractivity contribution in [3.05, 3.63) is 36.4 Å². The number of hydrogen-bond acceptors (Lipinski definition) is 2. The van der Waals surface area contributed by atoms with Crippen LogP contribution in [0.1, 0.15) is 38.2 Å². The van der Waals surface area contributed by atoms with Crippen LogP contribution in [0.15, 0.2) is 35.7 Å². The molecule has 0 radical (unpaired) electrons. The van der Waals surface area contributed by atoms with Gasteiger partial charge in [0.05, 0.1) is 0 Å². The second-order valence-corrected chi connectivity index (χ2v) is 5.64. The predicted molar refractivity (Wildman–Crippen MR) is 70.4 cm³/mol. The Morgan fingerprint density at radius 3 is 2.75 bits per heavy atom. The van der Waals surface area contributed by atoms with Crippen LogP contribution in [0.2, 0.25) is 0 Å². The molecule has 1 heterocycles. The molecule has 1 atom stereocenters. The number of rotatable bonds is 4. The van der Waals surface area contributed by atoms with Crippen molar-refractivity contribution >= 4 is 17.3 Å². The van der Waals surface area contributed by atoms with Crippen LogP contribution in [0.5, 0.6) is 0 Å². The van der Waals surface area contributed by atoms with Crippen molar-refractivity contribution in [2.24, 2.45) is 0 Å². The molecular formula is C14H18OS. The molecule has 0 saturated carbocycles. The molecule has 1 aromatic rings. The number of thioether (sulfide) groups is 1. The molecule has 16 heavy (non-hydrogen) atoms. The molecule has 1 unspecified atom stereocenters. The molecule has 0 aromatic heterocycles. The van der Waals surface area contributed by atoms with Gasteiger partial charge < -0.3 is 5.11 Å². The fraction of sp³-hybridized carbons (Fsp3) is 0.429. The molecule has 0 bridgehead atoms. The highest BCUT2D eigenvalue weighted by atomic mass is 32.2. The van der Waals surface area contributed by atoms with Gasteiger partial charge in [0.1, 0.15) is 4.93 Å². The zero-order valence-electron chi connectivity index (χ0n) is 9.70. The summed E-state index contributed by atoms with van der Waals surface area (Å²) >= 11 is 1.55. The lowest BCUT2D eigenvalue weighted by atomic mass is 9.98. The van der Waals surface area contributed by atoms with Gasteiger partial charge in [0.2, 0.25) is 0 Å². The summed E-state index contributed by atoms with van der Waals surface area (Å²) in [5, 5.41) is 10.6. The second kappa shape index (κ2) is 4.64. The fourth-order valence-corrected chi connectivity index (χ4v) is 3.37. The Morgan fingerprint density at radius 1 is 1.31 bits per heavy atom. The van der Waals surface area contributed by atoms with Gasteiger partial charge in [-0.05, 0) is 30.0 Å². The first-order valence-electron chi connectivity index (χ1n) is 5.87. The van der Waals surface area contributed by atoms with E-state index in [9.17, 15) is 5.11 Å². The van der Waals surface area contributed by atoms with Gasteiger partial charge in [0.15, 0.2) is 0 Å². The summed E-state index contributed by atoms with van der Waals surface area (Å²) in [5.41, 5.74) is 2.00. The summed E-state index contributed by atoms with van der Waals surface area (Å²) in [6.45, 7) is 6.23. The lowest BCUT2D eigenvalue weighted by molar-refractivity contribution is 0.185. The number of hydrogen-bond donors (Lipinski definition) is 1. The van der Waals surface area contributed by atoms with Crippen molar-refractivity contribution < 1.29 is 5.11 Å². The Hall–Kier alpha value is -0.730. The summed E-state index contributed by atoms with van der Waals surface area (Å²) in [5.74, 6) is 0. The topological polar surface area (TPSA) is 20.2 Å². The number of fused-ring (bicyclic) bond motifs is 1. The molecular weight excluding hydrogens is 216 g/mol. The minimum Gasteiger partial charge on any atom is -0.375 e. The summed E-state index contributed by atoms with van der Waals surface area (Å²) in [6.07, 6.45) is 4.22. The van der Waals surface area contributed by atoms with E-state index < -0.39 is 4.93 Å². The third-order valence-corrected chi connectivity index (χ3v) is 4.45. The third-order valence-electron chi connectivity index (χ3n) is 3.08. The van der Waals surface area contributed by atoms with Crippen LogP contribution in [0.3, 0.4) is 0 Å². The average Bonchev–Trinajstić information content (AvgIpc) is 2.53. The van der Waals surface area contributed by atoms with Crippen LogP contribution in [-0.4, -0.2) is 10.0 Å². The molecule has 1 N–H and O–H groups in total. The lowest BCUT2D eigenvalue weighted by Crippen LogP contribution is -2.21. The van der Waals surface area contributed by atoms with Crippen molar-refractivity contribution in [1.29, 1.82) is 0 Å². The second-order valence-electron chi connectivity index (χ2n) is 4.32. The minimum absolute atomic E-state index is 0.765. The van der Waals surface area contributed by atoms with Gasteiger partial charge in [0.25, 0.3) is 0 Å². The van der Waals surface area contributed by atoms with E-state index in [-0.39, 0.29) is 0 Å². The Morgan fingerprint density at radius 2 is 2.06 bits per heavy atom. The maximum absolute atomic E-state index is 10.6. The van der Waals surface area contributed by atoms with Gasteiger partial charge in [-0.25, -0.2) is 0 Å². The molecule has 86 valence electrons. The van der Waals surface area contributed by atoms with Gasteiger partial charge in [-0.2, -0.15) is 0 Å². The van der Waals surface area contributed by atoms with Gasteiger partial charge >= 0.3 is 0 Å². The van der Waals surface area contributed by atoms with Crippen LogP contribution in [0.25, 0.3) is 5.57 Å². The summed E-state index contributed by atoms with van der Waals surface area (Å²) in [6, 6.07) is 8.12. The first kappa shape index (κ1) is 11.7. The van der Waals surface area contributed by atoms with Crippen LogP contribution in [0, 0.1) is 0 Å². The third kappa shape index (κ3) is 2.04. The normalized spacial score (nSPS) is 23.5. The standard InChI is InChI=1S/C14H18OS/c1-3-4-7-10-14(15)11(2)12-8-5-6-9-13(12)16-14/h5-6,8-9,15H,2-4,7,10H2,1H3. The van der Waals surface area contributed by atoms with Crippen molar-refractivity contribution in [3.8, 4) is 0 Å². The molecule has 1 aromatic carbocycles. The molecule has 2 heteroatoms. The quantitative estimate of drug-likeness (QED) is 0.792. The van der Waals surface area contributed by atoms with Gasteiger partial charge in [-0.1, -0.05) is 56.3 Å². The van der Waals surface area contributed by atoms with E-state index in [0.717, 1.165) is 28.9 Å². The number of unbranched alkanes of at least 4 members (excludes halogenated alkanes) is 2. The van der Waals surface area contributed by atoms with Gasteiger partial charge in [0, 0.05) is 4.90 Å². The highest BCUT2D eigenvalue weighted by Gasteiger charge is 2.38. The molecule has 1 nitrogen and oxygen atoms in total. The molecule has 2 rings (SSSR count). The van der Waals surface area contributed by atoms with Crippen LogP contribution in [-0.2, 0) is 0 Å². The Bertz CT molecular complexity index is 399. The zero-order valence-corrected chi connectivity index (χ0v) is 10.5. The molecule has 0 amide bonds. The lowest BCUT2D eigenvalue weighted by Gasteiger charge is -2.22. The SMILES string of the molecule is C=C1c2ccccc2SC1(O)CCCCC. The summed E-state index contributed by atoms with van der Waals surface area (Å²) < 4.78 is 0. The van der Waals surface area contributed by atoms with Gasteiger partial charge in [-0.3, -0.25) is 0 Å². The zero-order chi connectivity index (χ0) is 11.6. The fourth-order valence-electron chi connectivity index (χ4n) is 2.08. The van der Waals surface area contributed by atoms with E-state index in [2.05, 4.69) is 19.6 Å². The maximum Gasteiger partial charge on any atom is 0.140 e. The minimum atomic E-state index is -0.765. The van der Waals surface area contributed by atoms with E-state index in [1.54, 1.807) is 11.8 Å². The van der Waals surface area contributed by atoms with E-state index >= 15 is 0 Å². The van der Waals surface area contributed by atoms with Crippen LogP contribution in [0.4, 0.5) is 0 Å². The van der Waals surface area contributed by atoms with Crippen molar-refractivity contribution in [2.75, 3.05) is 0 Å². The molecule has 0 aliphatic carbocycles. The summed E-state index contributed by atoms with van der Waals surface area (Å²) in [7, 11) is 0. The Balaban J connectivity index is 2.13. The highest BCUT2D eigenvalue weighted by Crippen LogP contribution is 2.52.